The van der Waals surface area contributed by atoms with Crippen LogP contribution in [0.2, 0.25) is 0 Å². The van der Waals surface area contributed by atoms with Crippen molar-refractivity contribution in [3.63, 3.8) is 0 Å². The Kier molecular flexibility index (Phi) is 6.48. The van der Waals surface area contributed by atoms with Crippen LogP contribution in [0.3, 0.4) is 0 Å². The highest BCUT2D eigenvalue weighted by Crippen LogP contribution is 2.67. The second-order valence-electron chi connectivity index (χ2n) is 13.2. The quantitative estimate of drug-likeness (QED) is 0.418. The van der Waals surface area contributed by atoms with Gasteiger partial charge in [0.15, 0.2) is 0 Å². The minimum absolute atomic E-state index is 0.517. The van der Waals surface area contributed by atoms with Crippen LogP contribution in [0.15, 0.2) is 12.4 Å². The zero-order valence-electron chi connectivity index (χ0n) is 21.9. The number of rotatable bonds is 5. The first-order valence-electron chi connectivity index (χ1n) is 14.4. The van der Waals surface area contributed by atoms with Gasteiger partial charge in [-0.3, -0.25) is 4.68 Å². The fourth-order valence-electron chi connectivity index (χ4n) is 10.2. The molecule has 0 bridgehead atoms. The number of terminal acetylenes is 1. The third-order valence-electron chi connectivity index (χ3n) is 11.7. The van der Waals surface area contributed by atoms with Crippen LogP contribution in [0.1, 0.15) is 110 Å². The second kappa shape index (κ2) is 9.09. The van der Waals surface area contributed by atoms with Crippen molar-refractivity contribution in [2.45, 2.75) is 111 Å². The highest BCUT2D eigenvalue weighted by Gasteiger charge is 2.59. The molecule has 1 aromatic heterocycles. The average molecular weight is 449 g/mol. The van der Waals surface area contributed by atoms with E-state index in [4.69, 9.17) is 6.42 Å². The molecule has 4 saturated carbocycles. The SMILES string of the molecule is C#Cc1cnn(CC(C)C2CCCC3C4CCC5CC(CCC)CCC5(C)C4CCC23C)c1. The number of hydrogen-bond acceptors (Lipinski definition) is 1. The van der Waals surface area contributed by atoms with Crippen molar-refractivity contribution in [1.82, 2.24) is 9.78 Å². The van der Waals surface area contributed by atoms with Gasteiger partial charge in [0.25, 0.3) is 0 Å². The third kappa shape index (κ3) is 4.00. The van der Waals surface area contributed by atoms with Gasteiger partial charge in [-0.25, -0.2) is 0 Å². The Morgan fingerprint density at radius 3 is 2.64 bits per heavy atom. The summed E-state index contributed by atoms with van der Waals surface area (Å²) < 4.78 is 2.11. The van der Waals surface area contributed by atoms with Crippen LogP contribution in [0.5, 0.6) is 0 Å². The number of aromatic nitrogens is 2. The Balaban J connectivity index is 1.32. The standard InChI is InChI=1S/C31H48N2/c1-6-9-24-14-16-30(4)25(18-24)12-13-26-28-11-8-10-27(31(28,5)17-15-29(26)30)22(3)20-33-21-23(7-2)19-32-33/h2,19,21-22,24-29H,6,8-18,20H2,1,3-5H3. The van der Waals surface area contributed by atoms with Crippen LogP contribution in [0.25, 0.3) is 0 Å². The lowest BCUT2D eigenvalue weighted by molar-refractivity contribution is -0.153. The molecule has 0 aromatic carbocycles. The van der Waals surface area contributed by atoms with Crippen LogP contribution < -0.4 is 0 Å². The van der Waals surface area contributed by atoms with E-state index < -0.39 is 0 Å². The van der Waals surface area contributed by atoms with Gasteiger partial charge in [-0.2, -0.15) is 5.10 Å². The van der Waals surface area contributed by atoms with Crippen LogP contribution >= 0.6 is 0 Å². The van der Waals surface area contributed by atoms with Gasteiger partial charge in [-0.05, 0) is 110 Å². The monoisotopic (exact) mass is 448 g/mol. The smallest absolute Gasteiger partial charge is 0.0646 e. The Bertz CT molecular complexity index is 863. The van der Waals surface area contributed by atoms with Gasteiger partial charge >= 0.3 is 0 Å². The molecule has 4 aliphatic carbocycles. The van der Waals surface area contributed by atoms with E-state index in [1.807, 2.05) is 6.20 Å². The molecule has 5 rings (SSSR count). The topological polar surface area (TPSA) is 17.8 Å². The molecule has 0 spiro atoms. The van der Waals surface area contributed by atoms with Crippen molar-refractivity contribution in [3.8, 4) is 12.3 Å². The van der Waals surface area contributed by atoms with Gasteiger partial charge in [0.1, 0.15) is 0 Å². The maximum absolute atomic E-state index is 5.58. The zero-order chi connectivity index (χ0) is 23.2. The normalized spacial score (nSPS) is 43.6. The van der Waals surface area contributed by atoms with E-state index in [0.717, 1.165) is 47.6 Å². The molecular formula is C31H48N2. The summed E-state index contributed by atoms with van der Waals surface area (Å²) in [7, 11) is 0. The van der Waals surface area contributed by atoms with Gasteiger partial charge in [0, 0.05) is 12.7 Å². The number of nitrogens with zero attached hydrogens (tertiary/aromatic N) is 2. The van der Waals surface area contributed by atoms with Crippen molar-refractivity contribution in [3.05, 3.63) is 18.0 Å². The summed E-state index contributed by atoms with van der Waals surface area (Å²) in [4.78, 5) is 0. The van der Waals surface area contributed by atoms with Gasteiger partial charge in [0.2, 0.25) is 0 Å². The molecule has 4 aliphatic rings. The molecule has 182 valence electrons. The van der Waals surface area contributed by atoms with Crippen molar-refractivity contribution in [1.29, 1.82) is 0 Å². The molecule has 33 heavy (non-hydrogen) atoms. The number of hydrogen-bond donors (Lipinski definition) is 0. The lowest BCUT2D eigenvalue weighted by Crippen LogP contribution is -2.57. The summed E-state index contributed by atoms with van der Waals surface area (Å²) in [6, 6.07) is 0. The minimum atomic E-state index is 0.517. The van der Waals surface area contributed by atoms with Gasteiger partial charge in [-0.1, -0.05) is 52.9 Å². The predicted molar refractivity (Wildman–Crippen MR) is 138 cm³/mol. The Morgan fingerprint density at radius 2 is 1.88 bits per heavy atom. The maximum atomic E-state index is 5.58. The highest BCUT2D eigenvalue weighted by atomic mass is 15.3. The molecule has 0 radical (unpaired) electrons. The van der Waals surface area contributed by atoms with Crippen molar-refractivity contribution < 1.29 is 0 Å². The first-order valence-corrected chi connectivity index (χ1v) is 14.4. The van der Waals surface area contributed by atoms with E-state index >= 15 is 0 Å². The summed E-state index contributed by atoms with van der Waals surface area (Å²) in [6.07, 6.45) is 27.2. The van der Waals surface area contributed by atoms with Gasteiger partial charge in [0.05, 0.1) is 11.8 Å². The van der Waals surface area contributed by atoms with Gasteiger partial charge < -0.3 is 0 Å². The fraction of sp³-hybridized carbons (Fsp3) is 0.839. The Labute approximate surface area is 203 Å². The molecule has 0 N–H and O–H groups in total. The first kappa shape index (κ1) is 23.5. The summed E-state index contributed by atoms with van der Waals surface area (Å²) in [5, 5.41) is 4.56. The van der Waals surface area contributed by atoms with Gasteiger partial charge in [-0.15, -0.1) is 6.42 Å². The lowest BCUT2D eigenvalue weighted by Gasteiger charge is -2.64. The number of fused-ring (bicyclic) bond motifs is 5. The van der Waals surface area contributed by atoms with Crippen molar-refractivity contribution in [2.24, 2.45) is 52.3 Å². The van der Waals surface area contributed by atoms with E-state index in [9.17, 15) is 0 Å². The van der Waals surface area contributed by atoms with Crippen LogP contribution in [0.4, 0.5) is 0 Å². The highest BCUT2D eigenvalue weighted by molar-refractivity contribution is 5.26. The molecule has 0 aliphatic heterocycles. The molecule has 9 unspecified atom stereocenters. The molecule has 0 amide bonds. The van der Waals surface area contributed by atoms with E-state index in [2.05, 4.69) is 49.6 Å². The second-order valence-corrected chi connectivity index (χ2v) is 13.2. The van der Waals surface area contributed by atoms with Crippen molar-refractivity contribution >= 4 is 0 Å². The molecule has 2 nitrogen and oxygen atoms in total. The lowest BCUT2D eigenvalue weighted by atomic mass is 9.41. The molecular weight excluding hydrogens is 400 g/mol. The van der Waals surface area contributed by atoms with E-state index in [0.29, 0.717) is 16.7 Å². The summed E-state index contributed by atoms with van der Waals surface area (Å²) >= 11 is 0. The molecule has 1 aromatic rings. The van der Waals surface area contributed by atoms with Crippen LogP contribution in [-0.4, -0.2) is 9.78 Å². The van der Waals surface area contributed by atoms with E-state index in [-0.39, 0.29) is 0 Å². The fourth-order valence-corrected chi connectivity index (χ4v) is 10.2. The van der Waals surface area contributed by atoms with Crippen molar-refractivity contribution in [2.75, 3.05) is 0 Å². The summed E-state index contributed by atoms with van der Waals surface area (Å²) in [5.74, 6) is 9.18. The van der Waals surface area contributed by atoms with Crippen LogP contribution in [0, 0.1) is 64.6 Å². The predicted octanol–water partition coefficient (Wildman–Crippen LogP) is 7.97. The Hall–Kier alpha value is -1.23. The molecule has 9 atom stereocenters. The summed E-state index contributed by atoms with van der Waals surface area (Å²) in [6.45, 7) is 11.3. The van der Waals surface area contributed by atoms with E-state index in [1.165, 1.54) is 70.6 Å². The first-order chi connectivity index (χ1) is 15.9. The molecule has 4 fully saturated rings. The average Bonchev–Trinajstić information content (AvgIpc) is 3.26. The summed E-state index contributed by atoms with van der Waals surface area (Å²) in [5.41, 5.74) is 2.06. The maximum Gasteiger partial charge on any atom is 0.0646 e. The largest absolute Gasteiger partial charge is 0.271 e. The molecule has 2 heteroatoms. The molecule has 0 saturated heterocycles. The Morgan fingerprint density at radius 1 is 1.09 bits per heavy atom. The molecule has 1 heterocycles. The van der Waals surface area contributed by atoms with E-state index in [1.54, 1.807) is 6.42 Å². The minimum Gasteiger partial charge on any atom is -0.271 e. The van der Waals surface area contributed by atoms with Crippen LogP contribution in [-0.2, 0) is 6.54 Å². The zero-order valence-corrected chi connectivity index (χ0v) is 21.9. The third-order valence-corrected chi connectivity index (χ3v) is 11.7.